The van der Waals surface area contributed by atoms with E-state index in [4.69, 9.17) is 15.0 Å². The Morgan fingerprint density at radius 2 is 1.87 bits per heavy atom. The minimum Gasteiger partial charge on any atom is -0.493 e. The van der Waals surface area contributed by atoms with Crippen LogP contribution in [-0.4, -0.2) is 41.6 Å². The van der Waals surface area contributed by atoms with E-state index in [1.807, 2.05) is 62.4 Å². The van der Waals surface area contributed by atoms with Crippen LogP contribution in [0.25, 0.3) is 5.53 Å². The van der Waals surface area contributed by atoms with Crippen LogP contribution in [0.3, 0.4) is 0 Å². The van der Waals surface area contributed by atoms with Gasteiger partial charge in [0.25, 0.3) is 0 Å². The highest BCUT2D eigenvalue weighted by atomic mass is 16.5. The van der Waals surface area contributed by atoms with E-state index in [2.05, 4.69) is 4.79 Å². The van der Waals surface area contributed by atoms with Crippen molar-refractivity contribution in [3.8, 4) is 11.5 Å². The number of methoxy groups -OCH3 is 1. The number of ether oxygens (including phenoxy) is 2. The van der Waals surface area contributed by atoms with Gasteiger partial charge in [0.05, 0.1) is 18.8 Å². The lowest BCUT2D eigenvalue weighted by Crippen LogP contribution is -2.47. The number of hydrogen-bond acceptors (Lipinski definition) is 3. The molecule has 0 saturated heterocycles. The molecule has 0 atom stereocenters. The van der Waals surface area contributed by atoms with E-state index >= 15 is 0 Å². The molecule has 1 amide bonds. The molecule has 31 heavy (non-hydrogen) atoms. The van der Waals surface area contributed by atoms with Crippen LogP contribution in [0.15, 0.2) is 48.5 Å². The third-order valence-corrected chi connectivity index (χ3v) is 6.04. The molecule has 1 fully saturated rings. The molecule has 164 valence electrons. The summed E-state index contributed by atoms with van der Waals surface area (Å²) >= 11 is 0. The van der Waals surface area contributed by atoms with Crippen LogP contribution in [0.4, 0.5) is 0 Å². The van der Waals surface area contributed by atoms with Crippen LogP contribution < -0.4 is 9.47 Å². The molecule has 2 aromatic rings. The van der Waals surface area contributed by atoms with E-state index in [9.17, 15) is 4.79 Å². The molecule has 1 aliphatic carbocycles. The van der Waals surface area contributed by atoms with Gasteiger partial charge >= 0.3 is 12.1 Å². The molecule has 0 N–H and O–H groups in total. The summed E-state index contributed by atoms with van der Waals surface area (Å²) in [6, 6.07) is 15.8. The third kappa shape index (κ3) is 5.53. The molecule has 1 aliphatic rings. The fourth-order valence-corrected chi connectivity index (χ4v) is 4.18. The van der Waals surface area contributed by atoms with Crippen LogP contribution >= 0.6 is 0 Å². The summed E-state index contributed by atoms with van der Waals surface area (Å²) < 4.78 is 11.7. The highest BCUT2D eigenvalue weighted by Crippen LogP contribution is 2.33. The van der Waals surface area contributed by atoms with Crippen molar-refractivity contribution >= 4 is 12.1 Å². The fraction of sp³-hybridized carbons (Fsp3) is 0.440. The smallest absolute Gasteiger partial charge is 0.344 e. The molecular formula is C25H31N3O3. The maximum absolute atomic E-state index is 12.8. The third-order valence-electron chi connectivity index (χ3n) is 6.04. The van der Waals surface area contributed by atoms with Crippen molar-refractivity contribution in [3.05, 3.63) is 65.2 Å². The minimum atomic E-state index is -0.574. The second-order valence-electron chi connectivity index (χ2n) is 8.42. The molecule has 0 spiro atoms. The number of nitrogens with zero attached hydrogens (tertiary/aromatic N) is 3. The summed E-state index contributed by atoms with van der Waals surface area (Å²) in [6.07, 6.45) is 6.36. The van der Waals surface area contributed by atoms with Crippen molar-refractivity contribution in [3.63, 3.8) is 0 Å². The second-order valence-corrected chi connectivity index (χ2v) is 8.42. The van der Waals surface area contributed by atoms with Gasteiger partial charge in [0.1, 0.15) is 0 Å². The number of hydrogen-bond donors (Lipinski definition) is 0. The molecule has 1 saturated carbocycles. The van der Waals surface area contributed by atoms with Crippen molar-refractivity contribution in [2.75, 3.05) is 13.7 Å². The Balaban J connectivity index is 1.81. The lowest BCUT2D eigenvalue weighted by molar-refractivity contribution is -0.132. The largest absolute Gasteiger partial charge is 0.493 e. The number of carbonyl (C=O) groups is 1. The monoisotopic (exact) mass is 421 g/mol. The first-order chi connectivity index (χ1) is 15.0. The van der Waals surface area contributed by atoms with Crippen LogP contribution in [0.2, 0.25) is 0 Å². The van der Waals surface area contributed by atoms with Crippen molar-refractivity contribution in [2.24, 2.45) is 0 Å². The van der Waals surface area contributed by atoms with Gasteiger partial charge in [0.15, 0.2) is 11.5 Å². The topological polar surface area (TPSA) is 75.2 Å². The van der Waals surface area contributed by atoms with Gasteiger partial charge in [-0.25, -0.2) is 0 Å². The van der Waals surface area contributed by atoms with Gasteiger partial charge in [0, 0.05) is 6.54 Å². The van der Waals surface area contributed by atoms with E-state index in [0.717, 1.165) is 41.7 Å². The minimum absolute atomic E-state index is 0.236. The number of benzene rings is 2. The summed E-state index contributed by atoms with van der Waals surface area (Å²) in [5, 5.41) is 0. The van der Waals surface area contributed by atoms with E-state index in [1.54, 1.807) is 12.0 Å². The summed E-state index contributed by atoms with van der Waals surface area (Å²) in [5.41, 5.74) is 10.4. The average Bonchev–Trinajstić information content (AvgIpc) is 3.28. The molecule has 6 heteroatoms. The Bertz CT molecular complexity index is 930. The van der Waals surface area contributed by atoms with Gasteiger partial charge in [-0.15, -0.1) is 0 Å². The van der Waals surface area contributed by atoms with Crippen LogP contribution in [0.5, 0.6) is 11.5 Å². The Hall–Kier alpha value is -3.11. The first-order valence-corrected chi connectivity index (χ1v) is 10.8. The zero-order valence-corrected chi connectivity index (χ0v) is 18.6. The number of carbonyl (C=O) groups excluding carboxylic acids is 1. The van der Waals surface area contributed by atoms with Crippen molar-refractivity contribution in [2.45, 2.75) is 57.6 Å². The van der Waals surface area contributed by atoms with E-state index < -0.39 is 5.54 Å². The molecule has 0 bridgehead atoms. The molecule has 3 rings (SSSR count). The lowest BCUT2D eigenvalue weighted by Gasteiger charge is -2.37. The standard InChI is InChI=1S/C25H31N3O3/c1-25(2,20-9-5-4-6-10-20)28(24(29)18-27-26)16-15-19-13-14-22(30-3)23(17-19)31-21-11-7-8-12-21/h4-6,9-10,13-14,17-18,21H,7-8,11-12,15-16H2,1-3H3. The molecule has 0 heterocycles. The number of rotatable bonds is 9. The van der Waals surface area contributed by atoms with Gasteiger partial charge < -0.3 is 19.9 Å². The normalized spacial score (nSPS) is 14.0. The molecule has 0 unspecified atom stereocenters. The lowest BCUT2D eigenvalue weighted by atomic mass is 9.91. The first-order valence-electron chi connectivity index (χ1n) is 10.8. The van der Waals surface area contributed by atoms with Gasteiger partial charge in [-0.3, -0.25) is 4.79 Å². The van der Waals surface area contributed by atoms with Crippen LogP contribution in [0, 0.1) is 0 Å². The van der Waals surface area contributed by atoms with E-state index in [0.29, 0.717) is 13.0 Å². The Labute approximate surface area is 184 Å². The van der Waals surface area contributed by atoms with Gasteiger partial charge in [-0.05, 0) is 69.2 Å². The fourth-order valence-electron chi connectivity index (χ4n) is 4.18. The summed E-state index contributed by atoms with van der Waals surface area (Å²) in [4.78, 5) is 17.4. The Morgan fingerprint density at radius 3 is 2.52 bits per heavy atom. The van der Waals surface area contributed by atoms with E-state index in [-0.39, 0.29) is 12.0 Å². The predicted molar refractivity (Wildman–Crippen MR) is 120 cm³/mol. The summed E-state index contributed by atoms with van der Waals surface area (Å²) in [6.45, 7) is 4.45. The molecule has 0 radical (unpaired) electrons. The first kappa shape index (κ1) is 22.6. The maximum Gasteiger partial charge on any atom is 0.344 e. The van der Waals surface area contributed by atoms with Gasteiger partial charge in [0.2, 0.25) is 0 Å². The van der Waals surface area contributed by atoms with Crippen molar-refractivity contribution in [1.82, 2.24) is 4.90 Å². The predicted octanol–water partition coefficient (Wildman–Crippen LogP) is 4.62. The molecular weight excluding hydrogens is 390 g/mol. The summed E-state index contributed by atoms with van der Waals surface area (Å²) in [7, 11) is 1.65. The zero-order chi connectivity index (χ0) is 22.3. The maximum atomic E-state index is 12.8. The molecule has 2 aromatic carbocycles. The van der Waals surface area contributed by atoms with Crippen LogP contribution in [0.1, 0.15) is 50.7 Å². The Kier molecular flexibility index (Phi) is 7.48. The molecule has 6 nitrogen and oxygen atoms in total. The van der Waals surface area contributed by atoms with Gasteiger partial charge in [-0.2, -0.15) is 4.79 Å². The van der Waals surface area contributed by atoms with Crippen molar-refractivity contribution in [1.29, 1.82) is 0 Å². The molecule has 0 aliphatic heterocycles. The number of amides is 1. The quantitative estimate of drug-likeness (QED) is 0.337. The zero-order valence-electron chi connectivity index (χ0n) is 18.6. The highest BCUT2D eigenvalue weighted by molar-refractivity contribution is 6.24. The second kappa shape index (κ2) is 10.3. The Morgan fingerprint density at radius 1 is 1.16 bits per heavy atom. The van der Waals surface area contributed by atoms with Crippen molar-refractivity contribution < 1.29 is 19.1 Å². The average molecular weight is 422 g/mol. The van der Waals surface area contributed by atoms with Gasteiger partial charge in [-0.1, -0.05) is 36.4 Å². The summed E-state index contributed by atoms with van der Waals surface area (Å²) in [5.74, 6) is 1.14. The molecule has 0 aromatic heterocycles. The van der Waals surface area contributed by atoms with E-state index in [1.165, 1.54) is 12.8 Å². The SMILES string of the molecule is COc1ccc(CCN(C(=O)C=[N+]=[N-])C(C)(C)c2ccccc2)cc1OC1CCCC1. The highest BCUT2D eigenvalue weighted by Gasteiger charge is 2.33. The van der Waals surface area contributed by atoms with Crippen LogP contribution in [-0.2, 0) is 16.8 Å².